The second-order valence-electron chi connectivity index (χ2n) is 7.74. The Bertz CT molecular complexity index is 1030. The van der Waals surface area contributed by atoms with Crippen molar-refractivity contribution < 1.29 is 19.1 Å². The number of carbonyl (C=O) groups is 3. The molecule has 0 saturated heterocycles. The third-order valence-electron chi connectivity index (χ3n) is 5.04. The summed E-state index contributed by atoms with van der Waals surface area (Å²) in [6.07, 6.45) is 3.16. The van der Waals surface area contributed by atoms with Crippen LogP contribution in [-0.4, -0.2) is 35.6 Å². The van der Waals surface area contributed by atoms with Gasteiger partial charge in [-0.25, -0.2) is 4.99 Å². The highest BCUT2D eigenvalue weighted by atomic mass is 35.5. The smallest absolute Gasteiger partial charge is 0.255 e. The Morgan fingerprint density at radius 3 is 2.37 bits per heavy atom. The van der Waals surface area contributed by atoms with Crippen LogP contribution in [0.5, 0.6) is 5.75 Å². The Balaban J connectivity index is 1.62. The quantitative estimate of drug-likeness (QED) is 0.652. The number of ether oxygens (including phenoxy) is 1. The fourth-order valence-electron chi connectivity index (χ4n) is 3.31. The first-order chi connectivity index (χ1) is 14.2. The van der Waals surface area contributed by atoms with E-state index in [1.807, 2.05) is 13.8 Å². The Labute approximate surface area is 183 Å². The standard InChI is InChI=1S/C21H19Cl2N3O4/c1-10(2)13-7-18(24-9-17(13)28)30-21-14(22)5-12(6-15(21)23)26-19(29)8-16(27)20(25-26)11-3-4-11/h5-7,10-11H,3-4,8-9H2,1-2H3. The Morgan fingerprint density at radius 2 is 1.77 bits per heavy atom. The van der Waals surface area contributed by atoms with E-state index in [4.69, 9.17) is 27.9 Å². The van der Waals surface area contributed by atoms with E-state index in [-0.39, 0.29) is 58.1 Å². The van der Waals surface area contributed by atoms with Crippen molar-refractivity contribution in [3.05, 3.63) is 33.8 Å². The van der Waals surface area contributed by atoms with Gasteiger partial charge in [0.05, 0.1) is 22.2 Å². The molecule has 2 heterocycles. The molecular weight excluding hydrogens is 429 g/mol. The van der Waals surface area contributed by atoms with Crippen molar-refractivity contribution in [3.8, 4) is 5.75 Å². The highest BCUT2D eigenvalue weighted by Crippen LogP contribution is 2.39. The molecule has 1 aromatic rings. The summed E-state index contributed by atoms with van der Waals surface area (Å²) >= 11 is 12.8. The molecule has 0 bridgehead atoms. The molecule has 2 aliphatic heterocycles. The van der Waals surface area contributed by atoms with Crippen molar-refractivity contribution in [1.29, 1.82) is 0 Å². The average molecular weight is 448 g/mol. The molecular formula is C21H19Cl2N3O4. The molecule has 0 atom stereocenters. The van der Waals surface area contributed by atoms with Crippen LogP contribution in [0.1, 0.15) is 33.1 Å². The van der Waals surface area contributed by atoms with Gasteiger partial charge in [-0.2, -0.15) is 10.1 Å². The van der Waals surface area contributed by atoms with Crippen LogP contribution in [0, 0.1) is 11.8 Å². The predicted octanol–water partition coefficient (Wildman–Crippen LogP) is 4.01. The van der Waals surface area contributed by atoms with Crippen LogP contribution in [0.3, 0.4) is 0 Å². The number of hydrogen-bond acceptors (Lipinski definition) is 6. The Kier molecular flexibility index (Phi) is 5.51. The lowest BCUT2D eigenvalue weighted by Gasteiger charge is -2.24. The lowest BCUT2D eigenvalue weighted by molar-refractivity contribution is -0.124. The van der Waals surface area contributed by atoms with Crippen LogP contribution in [0.4, 0.5) is 5.69 Å². The second-order valence-corrected chi connectivity index (χ2v) is 8.55. The van der Waals surface area contributed by atoms with Crippen LogP contribution in [0.25, 0.3) is 0 Å². The number of nitrogens with zero attached hydrogens (tertiary/aromatic N) is 3. The summed E-state index contributed by atoms with van der Waals surface area (Å²) in [6.45, 7) is 3.83. The number of rotatable bonds is 4. The third kappa shape index (κ3) is 4.04. The van der Waals surface area contributed by atoms with Gasteiger partial charge in [-0.05, 0) is 30.9 Å². The summed E-state index contributed by atoms with van der Waals surface area (Å²) in [6, 6.07) is 3.01. The molecule has 4 rings (SSSR count). The van der Waals surface area contributed by atoms with Gasteiger partial charge < -0.3 is 4.74 Å². The molecule has 1 aromatic carbocycles. The maximum absolute atomic E-state index is 12.4. The number of anilines is 1. The number of halogens is 2. The van der Waals surface area contributed by atoms with Crippen molar-refractivity contribution in [1.82, 2.24) is 0 Å². The summed E-state index contributed by atoms with van der Waals surface area (Å²) in [4.78, 5) is 40.5. The monoisotopic (exact) mass is 447 g/mol. The molecule has 0 N–H and O–H groups in total. The fraction of sp³-hybridized carbons (Fsp3) is 0.381. The van der Waals surface area contributed by atoms with Crippen molar-refractivity contribution in [2.45, 2.75) is 33.1 Å². The van der Waals surface area contributed by atoms with Gasteiger partial charge in [0.15, 0.2) is 17.3 Å². The van der Waals surface area contributed by atoms with Crippen molar-refractivity contribution >= 4 is 58.0 Å². The first-order valence-corrected chi connectivity index (χ1v) is 10.4. The Hall–Kier alpha value is -2.51. The zero-order valence-corrected chi connectivity index (χ0v) is 18.0. The number of benzene rings is 1. The maximum Gasteiger partial charge on any atom is 0.255 e. The number of carbonyl (C=O) groups excluding carboxylic acids is 3. The molecule has 0 unspecified atom stereocenters. The van der Waals surface area contributed by atoms with Crippen LogP contribution in [-0.2, 0) is 14.4 Å². The van der Waals surface area contributed by atoms with Gasteiger partial charge in [-0.1, -0.05) is 37.0 Å². The van der Waals surface area contributed by atoms with E-state index < -0.39 is 5.91 Å². The summed E-state index contributed by atoms with van der Waals surface area (Å²) in [5, 5.41) is 5.75. The van der Waals surface area contributed by atoms with E-state index in [0.29, 0.717) is 17.0 Å². The average Bonchev–Trinajstić information content (AvgIpc) is 3.50. The van der Waals surface area contributed by atoms with Crippen LogP contribution < -0.4 is 9.75 Å². The second kappa shape index (κ2) is 7.96. The molecule has 1 amide bonds. The van der Waals surface area contributed by atoms with E-state index >= 15 is 0 Å². The van der Waals surface area contributed by atoms with Gasteiger partial charge in [0.25, 0.3) is 5.91 Å². The topological polar surface area (TPSA) is 88.4 Å². The number of dihydropyridines is 1. The van der Waals surface area contributed by atoms with Gasteiger partial charge in [-0.3, -0.25) is 14.4 Å². The number of aliphatic imine (C=N–C) groups is 1. The summed E-state index contributed by atoms with van der Waals surface area (Å²) in [5.41, 5.74) is 1.40. The molecule has 0 aromatic heterocycles. The molecule has 1 saturated carbocycles. The molecule has 9 heteroatoms. The number of hydrogen-bond donors (Lipinski definition) is 0. The summed E-state index contributed by atoms with van der Waals surface area (Å²) in [5.74, 6) is -0.155. The molecule has 1 aliphatic carbocycles. The number of Topliss-reactive ketones (excluding diaryl/α,β-unsaturated/α-hetero) is 2. The fourth-order valence-corrected chi connectivity index (χ4v) is 3.86. The SMILES string of the molecule is CC(C)C1=CC(Oc2c(Cl)cc(N3N=C(C4CC4)C(=O)CC3=O)cc2Cl)=NCC1=O. The van der Waals surface area contributed by atoms with Gasteiger partial charge in [0, 0.05) is 17.6 Å². The van der Waals surface area contributed by atoms with Gasteiger partial charge in [0.2, 0.25) is 5.90 Å². The normalized spacial score (nSPS) is 19.7. The lowest BCUT2D eigenvalue weighted by Crippen LogP contribution is -2.38. The van der Waals surface area contributed by atoms with E-state index in [1.165, 1.54) is 17.1 Å². The number of ketones is 2. The van der Waals surface area contributed by atoms with Gasteiger partial charge in [-0.15, -0.1) is 0 Å². The van der Waals surface area contributed by atoms with Gasteiger partial charge in [0.1, 0.15) is 12.3 Å². The predicted molar refractivity (Wildman–Crippen MR) is 115 cm³/mol. The number of amides is 1. The lowest BCUT2D eigenvalue weighted by atomic mass is 9.97. The molecule has 0 spiro atoms. The van der Waals surface area contributed by atoms with Crippen LogP contribution >= 0.6 is 23.2 Å². The van der Waals surface area contributed by atoms with Crippen molar-refractivity contribution in [2.24, 2.45) is 21.9 Å². The largest absolute Gasteiger partial charge is 0.436 e. The van der Waals surface area contributed by atoms with E-state index in [2.05, 4.69) is 10.1 Å². The minimum absolute atomic E-state index is 0.00162. The molecule has 156 valence electrons. The highest BCUT2D eigenvalue weighted by Gasteiger charge is 2.38. The van der Waals surface area contributed by atoms with Crippen LogP contribution in [0.2, 0.25) is 10.0 Å². The third-order valence-corrected chi connectivity index (χ3v) is 5.60. The molecule has 1 fully saturated rings. The first-order valence-electron chi connectivity index (χ1n) is 9.65. The van der Waals surface area contributed by atoms with Crippen molar-refractivity contribution in [3.63, 3.8) is 0 Å². The minimum Gasteiger partial charge on any atom is -0.436 e. The molecule has 30 heavy (non-hydrogen) atoms. The number of hydrazone groups is 1. The maximum atomic E-state index is 12.4. The molecule has 0 radical (unpaired) electrons. The first kappa shape index (κ1) is 20.8. The summed E-state index contributed by atoms with van der Waals surface area (Å²) < 4.78 is 5.77. The minimum atomic E-state index is -0.440. The van der Waals surface area contributed by atoms with Crippen LogP contribution in [0.15, 0.2) is 33.9 Å². The Morgan fingerprint density at radius 1 is 1.10 bits per heavy atom. The zero-order chi connectivity index (χ0) is 21.6. The zero-order valence-electron chi connectivity index (χ0n) is 16.4. The molecule has 3 aliphatic rings. The highest BCUT2D eigenvalue weighted by molar-refractivity contribution is 6.46. The summed E-state index contributed by atoms with van der Waals surface area (Å²) in [7, 11) is 0. The van der Waals surface area contributed by atoms with Gasteiger partial charge >= 0.3 is 0 Å². The van der Waals surface area contributed by atoms with E-state index in [0.717, 1.165) is 12.8 Å². The van der Waals surface area contributed by atoms with E-state index in [1.54, 1.807) is 6.08 Å². The van der Waals surface area contributed by atoms with E-state index in [9.17, 15) is 14.4 Å². The molecule has 7 nitrogen and oxygen atoms in total. The van der Waals surface area contributed by atoms with Crippen molar-refractivity contribution in [2.75, 3.05) is 11.6 Å².